The molecule has 112 valence electrons. The number of carbonyl (C=O) groups is 1. The fourth-order valence-corrected chi connectivity index (χ4v) is 3.73. The van der Waals surface area contributed by atoms with E-state index in [-0.39, 0.29) is 11.2 Å². The van der Waals surface area contributed by atoms with Gasteiger partial charge in [0.15, 0.2) is 4.34 Å². The summed E-state index contributed by atoms with van der Waals surface area (Å²) < 4.78 is 0.719. The second-order valence-electron chi connectivity index (χ2n) is 4.68. The van der Waals surface area contributed by atoms with Crippen LogP contribution in [0.5, 0.6) is 0 Å². The summed E-state index contributed by atoms with van der Waals surface area (Å²) in [5.41, 5.74) is 8.57. The zero-order valence-electron chi connectivity index (χ0n) is 12.2. The average molecular weight is 322 g/mol. The van der Waals surface area contributed by atoms with E-state index in [4.69, 9.17) is 5.73 Å². The molecule has 21 heavy (non-hydrogen) atoms. The molecular formula is C14H18N4OS2. The summed E-state index contributed by atoms with van der Waals surface area (Å²) in [5.74, 6) is -0.0197. The monoisotopic (exact) mass is 322 g/mol. The van der Waals surface area contributed by atoms with E-state index < -0.39 is 0 Å². The van der Waals surface area contributed by atoms with Gasteiger partial charge in [-0.05, 0) is 31.4 Å². The molecule has 3 N–H and O–H groups in total. The maximum atomic E-state index is 12.5. The molecule has 0 saturated carbocycles. The molecule has 5 nitrogen and oxygen atoms in total. The van der Waals surface area contributed by atoms with Gasteiger partial charge < -0.3 is 11.1 Å². The van der Waals surface area contributed by atoms with Gasteiger partial charge in [0.2, 0.25) is 11.0 Å². The van der Waals surface area contributed by atoms with Gasteiger partial charge in [0.25, 0.3) is 0 Å². The van der Waals surface area contributed by atoms with Crippen LogP contribution in [-0.2, 0) is 4.79 Å². The Kier molecular flexibility index (Phi) is 5.19. The summed E-state index contributed by atoms with van der Waals surface area (Å²) in [6.07, 6.45) is 0.709. The van der Waals surface area contributed by atoms with Crippen molar-refractivity contribution in [2.45, 2.75) is 36.8 Å². The largest absolute Gasteiger partial charge is 0.374 e. The molecule has 0 bridgehead atoms. The van der Waals surface area contributed by atoms with Gasteiger partial charge in [-0.1, -0.05) is 48.2 Å². The van der Waals surface area contributed by atoms with Crippen LogP contribution in [0.15, 0.2) is 22.5 Å². The number of amides is 1. The third-order valence-corrected chi connectivity index (χ3v) is 5.26. The highest BCUT2D eigenvalue weighted by molar-refractivity contribution is 8.02. The highest BCUT2D eigenvalue weighted by atomic mass is 32.2. The van der Waals surface area contributed by atoms with Crippen LogP contribution in [0.2, 0.25) is 0 Å². The number of aryl methyl sites for hydroxylation is 2. The number of benzene rings is 1. The van der Waals surface area contributed by atoms with Gasteiger partial charge in [-0.15, -0.1) is 10.2 Å². The summed E-state index contributed by atoms with van der Waals surface area (Å²) >= 11 is 2.70. The Morgan fingerprint density at radius 2 is 2.05 bits per heavy atom. The van der Waals surface area contributed by atoms with Crippen molar-refractivity contribution in [2.75, 3.05) is 11.1 Å². The molecule has 7 heteroatoms. The number of rotatable bonds is 5. The van der Waals surface area contributed by atoms with Crippen molar-refractivity contribution in [3.63, 3.8) is 0 Å². The Morgan fingerprint density at radius 1 is 1.38 bits per heavy atom. The van der Waals surface area contributed by atoms with Gasteiger partial charge >= 0.3 is 0 Å². The Bertz CT molecular complexity index is 621. The first-order chi connectivity index (χ1) is 10.0. The molecule has 1 unspecified atom stereocenters. The summed E-state index contributed by atoms with van der Waals surface area (Å²) in [6.45, 7) is 5.96. The number of aromatic nitrogens is 2. The second kappa shape index (κ2) is 6.91. The first-order valence-electron chi connectivity index (χ1n) is 6.64. The summed E-state index contributed by atoms with van der Waals surface area (Å²) in [5, 5.41) is 11.0. The number of thioether (sulfide) groups is 1. The van der Waals surface area contributed by atoms with Crippen LogP contribution in [0.4, 0.5) is 10.8 Å². The smallest absolute Gasteiger partial charge is 0.237 e. The van der Waals surface area contributed by atoms with Gasteiger partial charge in [-0.3, -0.25) is 4.79 Å². The lowest BCUT2D eigenvalue weighted by Crippen LogP contribution is -2.25. The molecule has 0 saturated heterocycles. The summed E-state index contributed by atoms with van der Waals surface area (Å²) in [4.78, 5) is 12.5. The van der Waals surface area contributed by atoms with E-state index in [1.54, 1.807) is 0 Å². The molecule has 0 spiro atoms. The van der Waals surface area contributed by atoms with Gasteiger partial charge in [-0.2, -0.15) is 0 Å². The fourth-order valence-electron chi connectivity index (χ4n) is 1.93. The Morgan fingerprint density at radius 3 is 2.57 bits per heavy atom. The molecule has 0 radical (unpaired) electrons. The molecule has 0 fully saturated rings. The van der Waals surface area contributed by atoms with Crippen molar-refractivity contribution in [1.82, 2.24) is 10.2 Å². The van der Waals surface area contributed by atoms with Gasteiger partial charge in [0.05, 0.1) is 5.25 Å². The average Bonchev–Trinajstić information content (AvgIpc) is 2.85. The van der Waals surface area contributed by atoms with Gasteiger partial charge in [0.1, 0.15) is 0 Å². The predicted molar refractivity (Wildman–Crippen MR) is 88.8 cm³/mol. The normalized spacial score (nSPS) is 12.1. The van der Waals surface area contributed by atoms with Crippen LogP contribution in [0.25, 0.3) is 0 Å². The van der Waals surface area contributed by atoms with Crippen molar-refractivity contribution >= 4 is 39.8 Å². The van der Waals surface area contributed by atoms with E-state index >= 15 is 0 Å². The highest BCUT2D eigenvalue weighted by Gasteiger charge is 2.21. The molecule has 0 aliphatic heterocycles. The first-order valence-corrected chi connectivity index (χ1v) is 8.33. The topological polar surface area (TPSA) is 80.9 Å². The zero-order chi connectivity index (χ0) is 15.4. The highest BCUT2D eigenvalue weighted by Crippen LogP contribution is 2.30. The van der Waals surface area contributed by atoms with E-state index in [2.05, 4.69) is 15.5 Å². The molecule has 1 aromatic heterocycles. The van der Waals surface area contributed by atoms with Crippen LogP contribution in [0.3, 0.4) is 0 Å². The number of anilines is 2. The minimum Gasteiger partial charge on any atom is -0.374 e. The van der Waals surface area contributed by atoms with Crippen molar-refractivity contribution < 1.29 is 4.79 Å². The van der Waals surface area contributed by atoms with E-state index in [9.17, 15) is 4.79 Å². The molecule has 1 atom stereocenters. The number of nitrogens with zero attached hydrogens (tertiary/aromatic N) is 2. The van der Waals surface area contributed by atoms with Crippen molar-refractivity contribution in [3.8, 4) is 0 Å². The first kappa shape index (κ1) is 15.8. The summed E-state index contributed by atoms with van der Waals surface area (Å²) in [7, 11) is 0. The second-order valence-corrected chi connectivity index (χ2v) is 7.14. The number of hydrogen-bond acceptors (Lipinski definition) is 6. The predicted octanol–water partition coefficient (Wildman–Crippen LogP) is 3.25. The molecule has 1 aromatic carbocycles. The third kappa shape index (κ3) is 3.95. The number of hydrogen-bond donors (Lipinski definition) is 2. The lowest BCUT2D eigenvalue weighted by Gasteiger charge is -2.16. The van der Waals surface area contributed by atoms with Crippen molar-refractivity contribution in [2.24, 2.45) is 0 Å². The van der Waals surface area contributed by atoms with E-state index in [1.807, 2.05) is 39.0 Å². The minimum absolute atomic E-state index is 0.0197. The minimum atomic E-state index is -0.212. The molecule has 1 amide bonds. The number of nitrogens with two attached hydrogens (primary N) is 1. The molecular weight excluding hydrogens is 304 g/mol. The Hall–Kier alpha value is -1.60. The number of nitrogen functional groups attached to an aromatic ring is 1. The van der Waals surface area contributed by atoms with Crippen LogP contribution in [-0.4, -0.2) is 21.4 Å². The molecule has 1 heterocycles. The van der Waals surface area contributed by atoms with E-state index in [1.165, 1.54) is 23.1 Å². The van der Waals surface area contributed by atoms with E-state index in [0.717, 1.165) is 21.2 Å². The molecule has 0 aliphatic rings. The van der Waals surface area contributed by atoms with Gasteiger partial charge in [-0.25, -0.2) is 0 Å². The quantitative estimate of drug-likeness (QED) is 0.826. The van der Waals surface area contributed by atoms with Crippen LogP contribution in [0.1, 0.15) is 24.5 Å². The number of para-hydroxylation sites is 1. The van der Waals surface area contributed by atoms with Crippen molar-refractivity contribution in [1.29, 1.82) is 0 Å². The lowest BCUT2D eigenvalue weighted by molar-refractivity contribution is -0.115. The zero-order valence-corrected chi connectivity index (χ0v) is 13.8. The molecule has 2 aromatic rings. The molecule has 2 rings (SSSR count). The SMILES string of the molecule is CCC(Sc1nnc(N)s1)C(=O)Nc1c(C)cccc1C. The molecule has 0 aliphatic carbocycles. The maximum Gasteiger partial charge on any atom is 0.237 e. The van der Waals surface area contributed by atoms with Crippen molar-refractivity contribution in [3.05, 3.63) is 29.3 Å². The maximum absolute atomic E-state index is 12.5. The Labute approximate surface area is 132 Å². The fraction of sp³-hybridized carbons (Fsp3) is 0.357. The van der Waals surface area contributed by atoms with Crippen LogP contribution >= 0.6 is 23.1 Å². The number of carbonyl (C=O) groups excluding carboxylic acids is 1. The lowest BCUT2D eigenvalue weighted by atomic mass is 10.1. The summed E-state index contributed by atoms with van der Waals surface area (Å²) in [6, 6.07) is 5.96. The Balaban J connectivity index is 2.10. The third-order valence-electron chi connectivity index (χ3n) is 3.06. The van der Waals surface area contributed by atoms with E-state index in [0.29, 0.717) is 11.6 Å². The number of nitrogens with one attached hydrogen (secondary N) is 1. The van der Waals surface area contributed by atoms with Gasteiger partial charge in [0, 0.05) is 5.69 Å². The standard InChI is InChI=1S/C14H18N4OS2/c1-4-10(20-14-18-17-13(15)21-14)12(19)16-11-8(2)6-5-7-9(11)3/h5-7,10H,4H2,1-3H3,(H2,15,17)(H,16,19). The van der Waals surface area contributed by atoms with Crippen LogP contribution in [0, 0.1) is 13.8 Å². The van der Waals surface area contributed by atoms with Crippen LogP contribution < -0.4 is 11.1 Å².